The minimum atomic E-state index is -3.23. The second-order valence-electron chi connectivity index (χ2n) is 9.22. The number of ether oxygens (including phenoxy) is 2. The molecule has 2 saturated carbocycles. The van der Waals surface area contributed by atoms with Crippen LogP contribution in [0.1, 0.15) is 38.5 Å². The maximum absolute atomic E-state index is 11.5. The number of pyridine rings is 1. The van der Waals surface area contributed by atoms with E-state index in [4.69, 9.17) is 14.0 Å². The van der Waals surface area contributed by atoms with E-state index in [1.165, 1.54) is 18.9 Å². The minimum Gasteiger partial charge on any atom is -0.478 e. The summed E-state index contributed by atoms with van der Waals surface area (Å²) in [5.41, 5.74) is 0.469. The second-order valence-corrected chi connectivity index (χ2v) is 11.2. The summed E-state index contributed by atoms with van der Waals surface area (Å²) in [6.07, 6.45) is 7.22. The quantitative estimate of drug-likeness (QED) is 0.526. The molecule has 0 spiro atoms. The van der Waals surface area contributed by atoms with Crippen LogP contribution in [0.15, 0.2) is 27.7 Å². The molecule has 0 amide bonds. The highest BCUT2D eigenvalue weighted by Gasteiger charge is 2.78. The molecule has 32 heavy (non-hydrogen) atoms. The third kappa shape index (κ3) is 4.22. The van der Waals surface area contributed by atoms with Gasteiger partial charge in [-0.15, -0.1) is 0 Å². The predicted octanol–water partition coefficient (Wildman–Crippen LogP) is 2.73. The number of hydrogen-bond acceptors (Lipinski definition) is 9. The van der Waals surface area contributed by atoms with Crippen molar-refractivity contribution in [2.24, 2.45) is 23.2 Å². The van der Waals surface area contributed by atoms with Crippen LogP contribution in [-0.2, 0) is 21.2 Å². The molecule has 2 aromatic rings. The maximum Gasteiger partial charge on any atom is 0.266 e. The first-order valence-electron chi connectivity index (χ1n) is 11.3. The van der Waals surface area contributed by atoms with E-state index in [0.29, 0.717) is 43.0 Å². The lowest BCUT2D eigenvalue weighted by Gasteiger charge is -2.33. The number of fused-ring (bicyclic) bond motifs is 1. The Bertz CT molecular complexity index is 1050. The van der Waals surface area contributed by atoms with Gasteiger partial charge in [0.2, 0.25) is 5.88 Å². The largest absolute Gasteiger partial charge is 0.478 e. The zero-order chi connectivity index (χ0) is 22.3. The lowest BCUT2D eigenvalue weighted by molar-refractivity contribution is 0.109. The summed E-state index contributed by atoms with van der Waals surface area (Å²) in [4.78, 5) is 11.0. The smallest absolute Gasteiger partial charge is 0.266 e. The Labute approximate surface area is 188 Å². The Morgan fingerprint density at radius 2 is 2.09 bits per heavy atom. The zero-order valence-electron chi connectivity index (χ0n) is 18.6. The molecule has 1 aliphatic heterocycles. The van der Waals surface area contributed by atoms with E-state index in [1.54, 1.807) is 12.1 Å². The number of nitrogens with zero attached hydrogens (tertiary/aromatic N) is 4. The normalized spacial score (nSPS) is 27.2. The van der Waals surface area contributed by atoms with Gasteiger partial charge in [-0.3, -0.25) is 0 Å². The zero-order valence-corrected chi connectivity index (χ0v) is 19.4. The van der Waals surface area contributed by atoms with Crippen LogP contribution in [0, 0.1) is 23.2 Å². The molecular formula is C22H30N4O5S. The fraction of sp³-hybridized carbons (Fsp3) is 0.682. The van der Waals surface area contributed by atoms with Gasteiger partial charge in [0, 0.05) is 38.2 Å². The van der Waals surface area contributed by atoms with E-state index in [0.717, 1.165) is 50.1 Å². The van der Waals surface area contributed by atoms with Crippen LogP contribution in [0.25, 0.3) is 0 Å². The molecule has 3 unspecified atom stereocenters. The average molecular weight is 463 g/mol. The first-order chi connectivity index (χ1) is 15.4. The van der Waals surface area contributed by atoms with Gasteiger partial charge in [-0.25, -0.2) is 13.4 Å². The van der Waals surface area contributed by atoms with E-state index in [2.05, 4.69) is 20.0 Å². The molecule has 10 heteroatoms. The topological polar surface area (TPSA) is 108 Å². The molecule has 1 saturated heterocycles. The molecule has 5 rings (SSSR count). The summed E-state index contributed by atoms with van der Waals surface area (Å²) in [5.74, 6) is 4.12. The van der Waals surface area contributed by atoms with E-state index in [1.807, 2.05) is 6.92 Å². The van der Waals surface area contributed by atoms with Crippen LogP contribution in [0.3, 0.4) is 0 Å². The number of sulfone groups is 1. The monoisotopic (exact) mass is 462 g/mol. The lowest BCUT2D eigenvalue weighted by atomic mass is 9.83. The summed E-state index contributed by atoms with van der Waals surface area (Å²) in [6, 6.07) is 3.18. The van der Waals surface area contributed by atoms with Gasteiger partial charge in [-0.1, -0.05) is 0 Å². The first-order valence-corrected chi connectivity index (χ1v) is 13.2. The van der Waals surface area contributed by atoms with Crippen LogP contribution in [0.2, 0.25) is 0 Å². The van der Waals surface area contributed by atoms with Crippen molar-refractivity contribution >= 4 is 15.8 Å². The van der Waals surface area contributed by atoms with E-state index in [9.17, 15) is 8.42 Å². The number of rotatable bonds is 10. The van der Waals surface area contributed by atoms with Gasteiger partial charge >= 0.3 is 0 Å². The molecule has 3 fully saturated rings. The van der Waals surface area contributed by atoms with Gasteiger partial charge in [0.15, 0.2) is 9.84 Å². The molecule has 3 aliphatic rings. The van der Waals surface area contributed by atoms with Crippen molar-refractivity contribution in [3.63, 3.8) is 0 Å². The Balaban J connectivity index is 1.06. The Hall–Kier alpha value is -2.20. The highest BCUT2D eigenvalue weighted by Crippen LogP contribution is 2.84. The van der Waals surface area contributed by atoms with Gasteiger partial charge in [0.05, 0.1) is 11.5 Å². The SMILES string of the molecule is CCOCc1nc(N2CCC(C3C4CC43CCOc3ccc(S(C)(=O)=O)cn3)CC2)no1. The Morgan fingerprint density at radius 1 is 1.28 bits per heavy atom. The summed E-state index contributed by atoms with van der Waals surface area (Å²) in [7, 11) is -3.23. The number of piperidine rings is 1. The van der Waals surface area contributed by atoms with Crippen LogP contribution >= 0.6 is 0 Å². The highest BCUT2D eigenvalue weighted by atomic mass is 32.2. The van der Waals surface area contributed by atoms with Crippen molar-refractivity contribution < 1.29 is 22.4 Å². The van der Waals surface area contributed by atoms with Gasteiger partial charge < -0.3 is 18.9 Å². The molecule has 0 aromatic carbocycles. The highest BCUT2D eigenvalue weighted by molar-refractivity contribution is 7.90. The van der Waals surface area contributed by atoms with Crippen LogP contribution in [-0.4, -0.2) is 56.1 Å². The van der Waals surface area contributed by atoms with Crippen molar-refractivity contribution in [1.82, 2.24) is 15.1 Å². The van der Waals surface area contributed by atoms with Crippen molar-refractivity contribution in [2.45, 2.75) is 44.1 Å². The molecular weight excluding hydrogens is 432 g/mol. The van der Waals surface area contributed by atoms with E-state index >= 15 is 0 Å². The number of aromatic nitrogens is 3. The van der Waals surface area contributed by atoms with Gasteiger partial charge in [-0.2, -0.15) is 4.98 Å². The number of anilines is 1. The summed E-state index contributed by atoms with van der Waals surface area (Å²) < 4.78 is 39.5. The standard InChI is InChI=1S/C22H30N4O5S/c1-3-29-14-19-24-21(25-31-19)26-9-6-15(7-10-26)20-17-12-22(17,20)8-11-30-18-5-4-16(13-23-18)32(2,27)28/h4-5,13,15,17,20H,3,6-12,14H2,1-2H3. The fourth-order valence-electron chi connectivity index (χ4n) is 5.42. The summed E-state index contributed by atoms with van der Waals surface area (Å²) >= 11 is 0. The molecule has 174 valence electrons. The molecule has 9 nitrogen and oxygen atoms in total. The lowest BCUT2D eigenvalue weighted by Crippen LogP contribution is -2.36. The van der Waals surface area contributed by atoms with Crippen LogP contribution in [0.4, 0.5) is 5.95 Å². The van der Waals surface area contributed by atoms with Crippen molar-refractivity contribution in [1.29, 1.82) is 0 Å². The second kappa shape index (κ2) is 8.30. The molecule has 3 atom stereocenters. The van der Waals surface area contributed by atoms with Crippen molar-refractivity contribution in [2.75, 3.05) is 37.5 Å². The number of hydrogen-bond donors (Lipinski definition) is 0. The van der Waals surface area contributed by atoms with Crippen molar-refractivity contribution in [3.8, 4) is 5.88 Å². The van der Waals surface area contributed by atoms with Gasteiger partial charge in [0.1, 0.15) is 6.61 Å². The van der Waals surface area contributed by atoms with Gasteiger partial charge in [0.25, 0.3) is 11.8 Å². The molecule has 2 aromatic heterocycles. The summed E-state index contributed by atoms with van der Waals surface area (Å²) in [6.45, 7) is 5.49. The van der Waals surface area contributed by atoms with Crippen LogP contribution in [0.5, 0.6) is 5.88 Å². The van der Waals surface area contributed by atoms with Gasteiger partial charge in [-0.05, 0) is 67.0 Å². The molecule has 0 bridgehead atoms. The van der Waals surface area contributed by atoms with E-state index < -0.39 is 9.84 Å². The molecule has 3 heterocycles. The molecule has 2 aliphatic carbocycles. The first kappa shape index (κ1) is 21.6. The third-order valence-corrected chi connectivity index (χ3v) is 8.44. The molecule has 0 radical (unpaired) electrons. The maximum atomic E-state index is 11.5. The minimum absolute atomic E-state index is 0.214. The van der Waals surface area contributed by atoms with Crippen molar-refractivity contribution in [3.05, 3.63) is 24.2 Å². The van der Waals surface area contributed by atoms with Crippen LogP contribution < -0.4 is 9.64 Å². The Kier molecular flexibility index (Phi) is 5.61. The predicted molar refractivity (Wildman–Crippen MR) is 116 cm³/mol. The average Bonchev–Trinajstić information content (AvgIpc) is 3.56. The third-order valence-electron chi connectivity index (χ3n) is 7.34. The summed E-state index contributed by atoms with van der Waals surface area (Å²) in [5, 5.41) is 4.11. The Morgan fingerprint density at radius 3 is 2.75 bits per heavy atom. The fourth-order valence-corrected chi connectivity index (χ4v) is 5.97. The van der Waals surface area contributed by atoms with E-state index in [-0.39, 0.29) is 4.90 Å². The molecule has 0 N–H and O–H groups in total.